The van der Waals surface area contributed by atoms with Crippen molar-refractivity contribution in [1.82, 2.24) is 25.1 Å². The minimum absolute atomic E-state index is 0.143. The summed E-state index contributed by atoms with van der Waals surface area (Å²) in [6.07, 6.45) is 6.28. The molecule has 1 aliphatic carbocycles. The summed E-state index contributed by atoms with van der Waals surface area (Å²) >= 11 is 1.81. The van der Waals surface area contributed by atoms with Crippen molar-refractivity contribution in [3.05, 3.63) is 58.5 Å². The van der Waals surface area contributed by atoms with Gasteiger partial charge >= 0.3 is 0 Å². The highest BCUT2D eigenvalue weighted by molar-refractivity contribution is 7.10. The van der Waals surface area contributed by atoms with E-state index in [1.165, 1.54) is 42.7 Å². The molecule has 2 fully saturated rings. The Hall–Kier alpha value is -2.25. The summed E-state index contributed by atoms with van der Waals surface area (Å²) in [6, 6.07) is 15.7. The number of hydrogen-bond acceptors (Lipinski definition) is 6. The fourth-order valence-electron chi connectivity index (χ4n) is 4.76. The van der Waals surface area contributed by atoms with Crippen LogP contribution in [0.25, 0.3) is 0 Å². The Bertz CT molecular complexity index is 879. The Kier molecular flexibility index (Phi) is 5.58. The molecular formula is C22H28N6S. The molecule has 7 heteroatoms. The van der Waals surface area contributed by atoms with Gasteiger partial charge < -0.3 is 4.90 Å². The lowest BCUT2D eigenvalue weighted by Crippen LogP contribution is -2.48. The number of anilines is 1. The highest BCUT2D eigenvalue weighted by Gasteiger charge is 2.33. The van der Waals surface area contributed by atoms with E-state index in [2.05, 4.69) is 77.9 Å². The van der Waals surface area contributed by atoms with Crippen LogP contribution in [0.2, 0.25) is 0 Å². The van der Waals surface area contributed by atoms with Crippen molar-refractivity contribution in [2.45, 2.75) is 44.2 Å². The van der Waals surface area contributed by atoms with Gasteiger partial charge in [0.05, 0.1) is 6.04 Å². The monoisotopic (exact) mass is 408 g/mol. The maximum absolute atomic E-state index is 4.55. The van der Waals surface area contributed by atoms with E-state index in [4.69, 9.17) is 0 Å². The van der Waals surface area contributed by atoms with E-state index in [1.54, 1.807) is 0 Å². The van der Waals surface area contributed by atoms with E-state index in [1.807, 2.05) is 11.3 Å². The van der Waals surface area contributed by atoms with Crippen molar-refractivity contribution in [1.29, 1.82) is 0 Å². The van der Waals surface area contributed by atoms with Gasteiger partial charge in [-0.05, 0) is 46.8 Å². The molecule has 2 aromatic heterocycles. The van der Waals surface area contributed by atoms with Crippen LogP contribution in [0.5, 0.6) is 0 Å². The van der Waals surface area contributed by atoms with Crippen LogP contribution < -0.4 is 4.90 Å². The molecule has 152 valence electrons. The number of tetrazole rings is 1. The van der Waals surface area contributed by atoms with Gasteiger partial charge in [-0.1, -0.05) is 43.5 Å². The zero-order valence-electron chi connectivity index (χ0n) is 16.7. The van der Waals surface area contributed by atoms with Crippen molar-refractivity contribution in [3.8, 4) is 0 Å². The molecule has 1 atom stereocenters. The molecule has 0 amide bonds. The molecular weight excluding hydrogens is 380 g/mol. The van der Waals surface area contributed by atoms with Gasteiger partial charge in [-0.25, -0.2) is 4.68 Å². The topological polar surface area (TPSA) is 50.1 Å². The SMILES string of the molecule is c1ccc(N2CCN([C@H](c3cccs3)c3nnnn3C3CCCCC3)CC2)cc1. The first-order valence-electron chi connectivity index (χ1n) is 10.8. The van der Waals surface area contributed by atoms with Crippen LogP contribution in [-0.4, -0.2) is 51.3 Å². The molecule has 1 saturated heterocycles. The average Bonchev–Trinajstić information content (AvgIpc) is 3.49. The first-order valence-corrected chi connectivity index (χ1v) is 11.6. The number of thiophene rings is 1. The standard InChI is InChI=1S/C22H28N6S/c1-3-8-18(9-4-1)26-13-15-27(16-14-26)21(20-12-7-17-29-20)22-23-24-25-28(22)19-10-5-2-6-11-19/h1,3-4,7-9,12,17,19,21H,2,5-6,10-11,13-16H2/t21-/m1/s1. The lowest BCUT2D eigenvalue weighted by Gasteiger charge is -2.39. The molecule has 3 aromatic rings. The Labute approximate surface area is 176 Å². The fraction of sp³-hybridized carbons (Fsp3) is 0.500. The first-order chi connectivity index (χ1) is 14.4. The predicted molar refractivity (Wildman–Crippen MR) is 116 cm³/mol. The van der Waals surface area contributed by atoms with Crippen LogP contribution in [0.4, 0.5) is 5.69 Å². The normalized spacial score (nSPS) is 20.1. The molecule has 3 heterocycles. The summed E-state index contributed by atoms with van der Waals surface area (Å²) in [4.78, 5) is 6.38. The molecule has 29 heavy (non-hydrogen) atoms. The maximum Gasteiger partial charge on any atom is 0.174 e. The summed E-state index contributed by atoms with van der Waals surface area (Å²) in [7, 11) is 0. The molecule has 6 nitrogen and oxygen atoms in total. The van der Waals surface area contributed by atoms with E-state index in [9.17, 15) is 0 Å². The number of para-hydroxylation sites is 1. The van der Waals surface area contributed by atoms with Crippen LogP contribution in [0.3, 0.4) is 0 Å². The van der Waals surface area contributed by atoms with Gasteiger partial charge in [-0.2, -0.15) is 0 Å². The number of hydrogen-bond donors (Lipinski definition) is 0. The minimum Gasteiger partial charge on any atom is -0.369 e. The van der Waals surface area contributed by atoms with E-state index in [0.717, 1.165) is 32.0 Å². The van der Waals surface area contributed by atoms with Gasteiger partial charge in [-0.3, -0.25) is 4.90 Å². The molecule has 1 aliphatic heterocycles. The van der Waals surface area contributed by atoms with Crippen LogP contribution in [0, 0.1) is 0 Å². The van der Waals surface area contributed by atoms with Crippen molar-refractivity contribution >= 4 is 17.0 Å². The van der Waals surface area contributed by atoms with Gasteiger partial charge in [0.15, 0.2) is 5.82 Å². The summed E-state index contributed by atoms with van der Waals surface area (Å²) in [5.74, 6) is 1.02. The molecule has 0 spiro atoms. The van der Waals surface area contributed by atoms with E-state index < -0.39 is 0 Å². The quantitative estimate of drug-likeness (QED) is 0.635. The minimum atomic E-state index is 0.143. The van der Waals surface area contributed by atoms with Crippen LogP contribution in [0.1, 0.15) is 54.9 Å². The number of benzene rings is 1. The molecule has 2 aliphatic rings. The second-order valence-corrected chi connectivity index (χ2v) is 9.03. The average molecular weight is 409 g/mol. The Morgan fingerprint density at radius 2 is 1.69 bits per heavy atom. The Morgan fingerprint density at radius 1 is 0.897 bits per heavy atom. The second-order valence-electron chi connectivity index (χ2n) is 8.05. The molecule has 0 N–H and O–H groups in total. The lowest BCUT2D eigenvalue weighted by atomic mass is 9.95. The molecule has 1 saturated carbocycles. The predicted octanol–water partition coefficient (Wildman–Crippen LogP) is 4.15. The summed E-state index contributed by atoms with van der Waals surface area (Å²) < 4.78 is 2.15. The second kappa shape index (κ2) is 8.63. The molecule has 0 unspecified atom stereocenters. The van der Waals surface area contributed by atoms with Crippen molar-refractivity contribution in [3.63, 3.8) is 0 Å². The largest absolute Gasteiger partial charge is 0.369 e. The van der Waals surface area contributed by atoms with Gasteiger partial charge in [0, 0.05) is 36.7 Å². The van der Waals surface area contributed by atoms with E-state index >= 15 is 0 Å². The molecule has 5 rings (SSSR count). The van der Waals surface area contributed by atoms with Crippen molar-refractivity contribution in [2.75, 3.05) is 31.1 Å². The van der Waals surface area contributed by atoms with E-state index in [0.29, 0.717) is 6.04 Å². The first kappa shape index (κ1) is 18.8. The number of nitrogens with zero attached hydrogens (tertiary/aromatic N) is 6. The molecule has 1 aromatic carbocycles. The third-order valence-corrected chi connectivity index (χ3v) is 7.22. The highest BCUT2D eigenvalue weighted by Crippen LogP contribution is 2.35. The smallest absolute Gasteiger partial charge is 0.174 e. The zero-order valence-corrected chi connectivity index (χ0v) is 17.5. The number of aromatic nitrogens is 4. The third kappa shape index (κ3) is 3.94. The van der Waals surface area contributed by atoms with Gasteiger partial charge in [-0.15, -0.1) is 16.4 Å². The highest BCUT2D eigenvalue weighted by atomic mass is 32.1. The number of piperazine rings is 1. The molecule has 0 radical (unpaired) electrons. The zero-order chi connectivity index (χ0) is 19.5. The van der Waals surface area contributed by atoms with Crippen molar-refractivity contribution < 1.29 is 0 Å². The van der Waals surface area contributed by atoms with Gasteiger partial charge in [0.2, 0.25) is 0 Å². The third-order valence-electron chi connectivity index (χ3n) is 6.30. The summed E-state index contributed by atoms with van der Waals surface area (Å²) in [5.41, 5.74) is 1.31. The van der Waals surface area contributed by atoms with Crippen LogP contribution in [0.15, 0.2) is 47.8 Å². The summed E-state index contributed by atoms with van der Waals surface area (Å²) in [5, 5.41) is 15.3. The van der Waals surface area contributed by atoms with Gasteiger partial charge in [0.25, 0.3) is 0 Å². The molecule has 0 bridgehead atoms. The summed E-state index contributed by atoms with van der Waals surface area (Å²) in [6.45, 7) is 4.07. The number of rotatable bonds is 5. The fourth-order valence-corrected chi connectivity index (χ4v) is 5.62. The van der Waals surface area contributed by atoms with Gasteiger partial charge in [0.1, 0.15) is 6.04 Å². The lowest BCUT2D eigenvalue weighted by molar-refractivity contribution is 0.196. The van der Waals surface area contributed by atoms with Crippen molar-refractivity contribution in [2.24, 2.45) is 0 Å². The van der Waals surface area contributed by atoms with E-state index in [-0.39, 0.29) is 6.04 Å². The Morgan fingerprint density at radius 3 is 2.41 bits per heavy atom. The van der Waals surface area contributed by atoms with Crippen LogP contribution in [-0.2, 0) is 0 Å². The van der Waals surface area contributed by atoms with Crippen LogP contribution >= 0.6 is 11.3 Å². The maximum atomic E-state index is 4.55. The Balaban J connectivity index is 1.39.